The van der Waals surface area contributed by atoms with E-state index >= 15 is 0 Å². The second-order valence-corrected chi connectivity index (χ2v) is 5.70. The van der Waals surface area contributed by atoms with Crippen LogP contribution >= 0.6 is 0 Å². The fourth-order valence-electron chi connectivity index (χ4n) is 2.76. The van der Waals surface area contributed by atoms with Gasteiger partial charge in [-0.25, -0.2) is 14.6 Å². The Morgan fingerprint density at radius 1 is 1.07 bits per heavy atom. The number of nitro groups is 1. The zero-order valence-electron chi connectivity index (χ0n) is 16.0. The molecule has 0 spiro atoms. The van der Waals surface area contributed by atoms with Gasteiger partial charge in [-0.1, -0.05) is 30.3 Å². The van der Waals surface area contributed by atoms with E-state index in [2.05, 4.69) is 20.5 Å². The molecule has 0 aliphatic heterocycles. The summed E-state index contributed by atoms with van der Waals surface area (Å²) in [5, 5.41) is 22.7. The summed E-state index contributed by atoms with van der Waals surface area (Å²) in [6.07, 6.45) is 1.14. The fraction of sp³-hybridized carbons (Fsp3) is 0.222. The molecule has 30 heavy (non-hydrogen) atoms. The van der Waals surface area contributed by atoms with Gasteiger partial charge in [-0.15, -0.1) is 5.10 Å². The van der Waals surface area contributed by atoms with Gasteiger partial charge in [0.05, 0.1) is 18.1 Å². The smallest absolute Gasteiger partial charge is 0.346 e. The van der Waals surface area contributed by atoms with Gasteiger partial charge in [0.15, 0.2) is 17.1 Å². The molecule has 1 aromatic carbocycles. The molecule has 154 valence electrons. The molecule has 0 amide bonds. The Morgan fingerprint density at radius 3 is 2.23 bits per heavy atom. The first-order chi connectivity index (χ1) is 14.5. The van der Waals surface area contributed by atoms with Crippen LogP contribution in [0.5, 0.6) is 0 Å². The molecule has 0 atom stereocenters. The van der Waals surface area contributed by atoms with Gasteiger partial charge >= 0.3 is 17.6 Å². The third-order valence-electron chi connectivity index (χ3n) is 3.91. The molecule has 12 heteroatoms. The van der Waals surface area contributed by atoms with Crippen molar-refractivity contribution < 1.29 is 24.0 Å². The molecule has 0 aliphatic rings. The lowest BCUT2D eigenvalue weighted by molar-refractivity contribution is -0.384. The van der Waals surface area contributed by atoms with Crippen LogP contribution in [0.4, 0.5) is 5.69 Å². The standard InChI is InChI=1S/C18H16N6O6/c1-3-29-17(25)12-13(18(26)30-4-2)16(23-10-19-21-22-23)20-14(15(12)24(27)28)11-8-6-5-7-9-11/h5-10H,3-4H2,1-2H3. The average molecular weight is 412 g/mol. The summed E-state index contributed by atoms with van der Waals surface area (Å²) in [6.45, 7) is 2.99. The van der Waals surface area contributed by atoms with Crippen LogP contribution in [0.1, 0.15) is 34.6 Å². The Hall–Kier alpha value is -4.22. The fourth-order valence-corrected chi connectivity index (χ4v) is 2.76. The molecular weight excluding hydrogens is 396 g/mol. The maximum Gasteiger partial charge on any atom is 0.346 e. The summed E-state index contributed by atoms with van der Waals surface area (Å²) < 4.78 is 11.1. The number of rotatable bonds is 7. The zero-order valence-corrected chi connectivity index (χ0v) is 16.0. The van der Waals surface area contributed by atoms with E-state index in [4.69, 9.17) is 9.47 Å². The van der Waals surface area contributed by atoms with Gasteiger partial charge in [-0.3, -0.25) is 10.1 Å². The molecule has 12 nitrogen and oxygen atoms in total. The van der Waals surface area contributed by atoms with Crippen LogP contribution in [0.15, 0.2) is 36.7 Å². The number of carbonyl (C=O) groups excluding carboxylic acids is 2. The first kappa shape index (κ1) is 20.5. The molecular formula is C18H16N6O6. The van der Waals surface area contributed by atoms with Gasteiger partial charge in [0.1, 0.15) is 11.9 Å². The van der Waals surface area contributed by atoms with Crippen molar-refractivity contribution in [3.8, 4) is 17.1 Å². The largest absolute Gasteiger partial charge is 0.462 e. The number of carbonyl (C=O) groups is 2. The summed E-state index contributed by atoms with van der Waals surface area (Å²) in [5.74, 6) is -2.27. The number of esters is 2. The van der Waals surface area contributed by atoms with E-state index in [9.17, 15) is 19.7 Å². The van der Waals surface area contributed by atoms with Gasteiger partial charge in [-0.05, 0) is 24.3 Å². The first-order valence-electron chi connectivity index (χ1n) is 8.84. The monoisotopic (exact) mass is 412 g/mol. The van der Waals surface area contributed by atoms with E-state index in [1.165, 1.54) is 6.92 Å². The van der Waals surface area contributed by atoms with Gasteiger partial charge in [-0.2, -0.15) is 4.68 Å². The summed E-state index contributed by atoms with van der Waals surface area (Å²) in [4.78, 5) is 41.0. The predicted molar refractivity (Wildman–Crippen MR) is 101 cm³/mol. The molecule has 2 heterocycles. The topological polar surface area (TPSA) is 152 Å². The van der Waals surface area contributed by atoms with Crippen molar-refractivity contribution >= 4 is 17.6 Å². The lowest BCUT2D eigenvalue weighted by atomic mass is 10.0. The maximum absolute atomic E-state index is 12.8. The highest BCUT2D eigenvalue weighted by molar-refractivity contribution is 6.09. The van der Waals surface area contributed by atoms with Crippen molar-refractivity contribution in [3.63, 3.8) is 0 Å². The number of aromatic nitrogens is 5. The molecule has 0 N–H and O–H groups in total. The molecule has 3 aromatic rings. The highest BCUT2D eigenvalue weighted by atomic mass is 16.6. The minimum Gasteiger partial charge on any atom is -0.462 e. The number of pyridine rings is 1. The van der Waals surface area contributed by atoms with Crippen LogP contribution in [-0.2, 0) is 9.47 Å². The Balaban J connectivity index is 2.48. The first-order valence-corrected chi connectivity index (χ1v) is 8.84. The molecule has 0 bridgehead atoms. The number of hydrogen-bond donors (Lipinski definition) is 0. The van der Waals surface area contributed by atoms with Crippen LogP contribution in [0.3, 0.4) is 0 Å². The molecule has 0 saturated heterocycles. The average Bonchev–Trinajstić information content (AvgIpc) is 3.27. The SMILES string of the molecule is CCOC(=O)c1c(-n2cnnn2)nc(-c2ccccc2)c([N+](=O)[O-])c1C(=O)OCC. The van der Waals surface area contributed by atoms with Crippen LogP contribution < -0.4 is 0 Å². The van der Waals surface area contributed by atoms with Gasteiger partial charge in [0, 0.05) is 5.56 Å². The van der Waals surface area contributed by atoms with Crippen LogP contribution in [0.2, 0.25) is 0 Å². The van der Waals surface area contributed by atoms with E-state index in [1.54, 1.807) is 37.3 Å². The molecule has 3 rings (SSSR count). The molecule has 0 aliphatic carbocycles. The molecule has 0 unspecified atom stereocenters. The number of tetrazole rings is 1. The van der Waals surface area contributed by atoms with Gasteiger partial charge in [0.25, 0.3) is 0 Å². The molecule has 0 saturated carbocycles. The third kappa shape index (κ3) is 3.83. The van der Waals surface area contributed by atoms with Crippen molar-refractivity contribution in [1.29, 1.82) is 0 Å². The van der Waals surface area contributed by atoms with Crippen molar-refractivity contribution in [2.75, 3.05) is 13.2 Å². The predicted octanol–water partition coefficient (Wildman–Crippen LogP) is 1.99. The summed E-state index contributed by atoms with van der Waals surface area (Å²) >= 11 is 0. The second-order valence-electron chi connectivity index (χ2n) is 5.70. The third-order valence-corrected chi connectivity index (χ3v) is 3.91. The van der Waals surface area contributed by atoms with Gasteiger partial charge < -0.3 is 9.47 Å². The lowest BCUT2D eigenvalue weighted by Gasteiger charge is -2.15. The Kier molecular flexibility index (Phi) is 6.05. The van der Waals surface area contributed by atoms with Gasteiger partial charge in [0.2, 0.25) is 0 Å². The minimum absolute atomic E-state index is 0.0373. The summed E-state index contributed by atoms with van der Waals surface area (Å²) in [7, 11) is 0. The van der Waals surface area contributed by atoms with Crippen molar-refractivity contribution in [2.45, 2.75) is 13.8 Å². The number of benzene rings is 1. The highest BCUT2D eigenvalue weighted by Gasteiger charge is 2.38. The van der Waals surface area contributed by atoms with Crippen molar-refractivity contribution in [3.05, 3.63) is 57.9 Å². The number of hydrogen-bond acceptors (Lipinski definition) is 10. The molecule has 0 fully saturated rings. The quantitative estimate of drug-likeness (QED) is 0.320. The highest BCUT2D eigenvalue weighted by Crippen LogP contribution is 2.36. The minimum atomic E-state index is -1.07. The van der Waals surface area contributed by atoms with Crippen molar-refractivity contribution in [1.82, 2.24) is 25.2 Å². The van der Waals surface area contributed by atoms with E-state index in [0.29, 0.717) is 5.56 Å². The van der Waals surface area contributed by atoms with E-state index in [-0.39, 0.29) is 24.7 Å². The Morgan fingerprint density at radius 2 is 1.70 bits per heavy atom. The molecule has 2 aromatic heterocycles. The van der Waals surface area contributed by atoms with E-state index in [0.717, 1.165) is 11.0 Å². The van der Waals surface area contributed by atoms with Crippen LogP contribution in [0.25, 0.3) is 17.1 Å². The maximum atomic E-state index is 12.8. The normalized spacial score (nSPS) is 10.5. The Labute approximate surface area is 169 Å². The second kappa shape index (κ2) is 8.86. The Bertz CT molecular complexity index is 1080. The number of ether oxygens (including phenoxy) is 2. The summed E-state index contributed by atoms with van der Waals surface area (Å²) in [6, 6.07) is 8.19. The summed E-state index contributed by atoms with van der Waals surface area (Å²) in [5.41, 5.74) is -1.53. The van der Waals surface area contributed by atoms with E-state index < -0.39 is 33.7 Å². The zero-order chi connectivity index (χ0) is 21.7. The van der Waals surface area contributed by atoms with Crippen LogP contribution in [-0.4, -0.2) is 55.3 Å². The lowest BCUT2D eigenvalue weighted by Crippen LogP contribution is -2.21. The van der Waals surface area contributed by atoms with E-state index in [1.807, 2.05) is 0 Å². The van der Waals surface area contributed by atoms with Crippen molar-refractivity contribution in [2.24, 2.45) is 0 Å². The van der Waals surface area contributed by atoms with Crippen LogP contribution in [0, 0.1) is 10.1 Å². The molecule has 0 radical (unpaired) electrons. The number of nitrogens with zero attached hydrogens (tertiary/aromatic N) is 6.